The molecule has 1 aliphatic carbocycles. The van der Waals surface area contributed by atoms with Crippen molar-refractivity contribution in [3.8, 4) is 0 Å². The molecule has 1 saturated carbocycles. The maximum atomic E-state index is 11.7. The van der Waals surface area contributed by atoms with E-state index in [0.717, 1.165) is 6.42 Å². The van der Waals surface area contributed by atoms with E-state index in [1.165, 1.54) is 25.7 Å². The molecule has 0 bridgehead atoms. The highest BCUT2D eigenvalue weighted by molar-refractivity contribution is 5.67. The van der Waals surface area contributed by atoms with E-state index in [1.807, 2.05) is 20.8 Å². The van der Waals surface area contributed by atoms with Gasteiger partial charge in [0.05, 0.1) is 0 Å². The molecule has 1 unspecified atom stereocenters. The van der Waals surface area contributed by atoms with Crippen LogP contribution in [0.15, 0.2) is 0 Å². The number of ether oxygens (including phenoxy) is 1. The van der Waals surface area contributed by atoms with Gasteiger partial charge in [0.25, 0.3) is 0 Å². The predicted molar refractivity (Wildman–Crippen MR) is 95.5 cm³/mol. The number of hydrogen-bond acceptors (Lipinski definition) is 4. The number of carbonyl (C=O) groups is 1. The molecule has 5 nitrogen and oxygen atoms in total. The number of alkyl carbamates (subject to hydrolysis) is 1. The Morgan fingerprint density at radius 1 is 1.35 bits per heavy atom. The van der Waals surface area contributed by atoms with Crippen LogP contribution in [0.3, 0.4) is 0 Å². The topological polar surface area (TPSA) is 67.6 Å². The van der Waals surface area contributed by atoms with Gasteiger partial charge in [-0.05, 0) is 65.3 Å². The van der Waals surface area contributed by atoms with Crippen molar-refractivity contribution in [2.75, 3.05) is 20.1 Å². The second-order valence-electron chi connectivity index (χ2n) is 8.67. The maximum Gasteiger partial charge on any atom is 0.407 e. The molecule has 136 valence electrons. The predicted octanol–water partition coefficient (Wildman–Crippen LogP) is 3.13. The highest BCUT2D eigenvalue weighted by atomic mass is 16.6. The standard InChI is InChI=1S/C18H37N3O2/c1-17(2,3)23-16(22)20-12-9-15(13-19)21(6)14-7-10-18(4,5)11-8-14/h14-15H,7-13,19H2,1-6H3,(H,20,22). The molecule has 1 fully saturated rings. The first kappa shape index (κ1) is 20.2. The van der Waals surface area contributed by atoms with Crippen LogP contribution in [0.25, 0.3) is 0 Å². The van der Waals surface area contributed by atoms with Crippen LogP contribution in [-0.2, 0) is 4.74 Å². The Balaban J connectivity index is 2.37. The number of nitrogens with one attached hydrogen (secondary N) is 1. The summed E-state index contributed by atoms with van der Waals surface area (Å²) in [6, 6.07) is 0.911. The molecule has 0 aromatic heterocycles. The zero-order chi connectivity index (χ0) is 17.7. The Bertz CT molecular complexity index is 367. The molecule has 0 heterocycles. The molecule has 0 spiro atoms. The fraction of sp³-hybridized carbons (Fsp3) is 0.944. The normalized spacial score (nSPS) is 20.3. The van der Waals surface area contributed by atoms with Crippen molar-refractivity contribution in [2.24, 2.45) is 11.1 Å². The average molecular weight is 328 g/mol. The van der Waals surface area contributed by atoms with Crippen molar-refractivity contribution in [1.29, 1.82) is 0 Å². The molecule has 5 heteroatoms. The van der Waals surface area contributed by atoms with E-state index in [9.17, 15) is 4.79 Å². The minimum atomic E-state index is -0.455. The number of hydrogen-bond donors (Lipinski definition) is 2. The summed E-state index contributed by atoms with van der Waals surface area (Å²) in [4.78, 5) is 14.1. The van der Waals surface area contributed by atoms with Gasteiger partial charge in [-0.2, -0.15) is 0 Å². The van der Waals surface area contributed by atoms with E-state index in [-0.39, 0.29) is 6.09 Å². The van der Waals surface area contributed by atoms with Crippen LogP contribution < -0.4 is 11.1 Å². The Labute approximate surface area is 142 Å². The number of nitrogens with zero attached hydrogens (tertiary/aromatic N) is 1. The van der Waals surface area contributed by atoms with Crippen LogP contribution in [0.4, 0.5) is 4.79 Å². The fourth-order valence-electron chi connectivity index (χ4n) is 3.23. The third kappa shape index (κ3) is 7.53. The zero-order valence-electron chi connectivity index (χ0n) is 15.9. The van der Waals surface area contributed by atoms with E-state index in [4.69, 9.17) is 10.5 Å². The molecular weight excluding hydrogens is 290 g/mol. The monoisotopic (exact) mass is 327 g/mol. The highest BCUT2D eigenvalue weighted by Gasteiger charge is 2.31. The average Bonchev–Trinajstić information content (AvgIpc) is 2.41. The lowest BCUT2D eigenvalue weighted by Crippen LogP contribution is -2.47. The highest BCUT2D eigenvalue weighted by Crippen LogP contribution is 2.37. The first-order valence-electron chi connectivity index (χ1n) is 8.93. The van der Waals surface area contributed by atoms with Gasteiger partial charge in [-0.1, -0.05) is 13.8 Å². The molecule has 0 saturated heterocycles. The largest absolute Gasteiger partial charge is 0.444 e. The van der Waals surface area contributed by atoms with Gasteiger partial charge in [0, 0.05) is 25.2 Å². The summed E-state index contributed by atoms with van der Waals surface area (Å²) >= 11 is 0. The van der Waals surface area contributed by atoms with Gasteiger partial charge >= 0.3 is 6.09 Å². The fourth-order valence-corrected chi connectivity index (χ4v) is 3.23. The van der Waals surface area contributed by atoms with Crippen molar-refractivity contribution in [3.05, 3.63) is 0 Å². The Kier molecular flexibility index (Phi) is 7.33. The number of amides is 1. The molecule has 1 amide bonds. The minimum absolute atomic E-state index is 0.302. The van der Waals surface area contributed by atoms with Gasteiger partial charge in [0.2, 0.25) is 0 Å². The molecule has 0 aromatic carbocycles. The molecular formula is C18H37N3O2. The third-order valence-corrected chi connectivity index (χ3v) is 4.88. The third-order valence-electron chi connectivity index (χ3n) is 4.88. The molecule has 0 aromatic rings. The minimum Gasteiger partial charge on any atom is -0.444 e. The van der Waals surface area contributed by atoms with Crippen molar-refractivity contribution in [1.82, 2.24) is 10.2 Å². The van der Waals surface area contributed by atoms with E-state index in [2.05, 4.69) is 31.1 Å². The van der Waals surface area contributed by atoms with Crippen LogP contribution in [-0.4, -0.2) is 48.8 Å². The van der Waals surface area contributed by atoms with E-state index in [1.54, 1.807) is 0 Å². The van der Waals surface area contributed by atoms with Crippen molar-refractivity contribution in [2.45, 2.75) is 84.4 Å². The van der Waals surface area contributed by atoms with Gasteiger partial charge in [-0.25, -0.2) is 4.79 Å². The van der Waals surface area contributed by atoms with E-state index >= 15 is 0 Å². The lowest BCUT2D eigenvalue weighted by Gasteiger charge is -2.41. The second-order valence-corrected chi connectivity index (χ2v) is 8.67. The smallest absolute Gasteiger partial charge is 0.407 e. The summed E-state index contributed by atoms with van der Waals surface area (Å²) < 4.78 is 5.26. The second kappa shape index (κ2) is 8.34. The van der Waals surface area contributed by atoms with Gasteiger partial charge in [-0.15, -0.1) is 0 Å². The number of rotatable bonds is 6. The van der Waals surface area contributed by atoms with Crippen LogP contribution in [0.1, 0.15) is 66.7 Å². The first-order valence-corrected chi connectivity index (χ1v) is 8.93. The van der Waals surface area contributed by atoms with Crippen molar-refractivity contribution >= 4 is 6.09 Å². The number of nitrogens with two attached hydrogens (primary N) is 1. The summed E-state index contributed by atoms with van der Waals surface area (Å²) in [5, 5.41) is 2.83. The maximum absolute atomic E-state index is 11.7. The lowest BCUT2D eigenvalue weighted by molar-refractivity contribution is 0.0515. The summed E-state index contributed by atoms with van der Waals surface area (Å²) in [5.74, 6) is 0. The SMILES string of the molecule is CN(C(CN)CCNC(=O)OC(C)(C)C)C1CCC(C)(C)CC1. The molecule has 0 aliphatic heterocycles. The van der Waals surface area contributed by atoms with Crippen LogP contribution >= 0.6 is 0 Å². The Morgan fingerprint density at radius 3 is 2.39 bits per heavy atom. The first-order chi connectivity index (χ1) is 10.5. The van der Waals surface area contributed by atoms with Gasteiger partial charge in [0.1, 0.15) is 5.60 Å². The Morgan fingerprint density at radius 2 is 1.91 bits per heavy atom. The molecule has 3 N–H and O–H groups in total. The number of likely N-dealkylation sites (N-methyl/N-ethyl adjacent to an activating group) is 1. The lowest BCUT2D eigenvalue weighted by atomic mass is 9.75. The van der Waals surface area contributed by atoms with Gasteiger partial charge in [0.15, 0.2) is 0 Å². The summed E-state index contributed by atoms with van der Waals surface area (Å²) in [6.07, 6.45) is 5.52. The zero-order valence-corrected chi connectivity index (χ0v) is 15.9. The molecule has 23 heavy (non-hydrogen) atoms. The van der Waals surface area contributed by atoms with Crippen LogP contribution in [0, 0.1) is 5.41 Å². The van der Waals surface area contributed by atoms with Gasteiger partial charge in [-0.3, -0.25) is 4.90 Å². The van der Waals surface area contributed by atoms with Crippen molar-refractivity contribution in [3.63, 3.8) is 0 Å². The van der Waals surface area contributed by atoms with Crippen LogP contribution in [0.2, 0.25) is 0 Å². The van der Waals surface area contributed by atoms with E-state index in [0.29, 0.717) is 30.6 Å². The van der Waals surface area contributed by atoms with Gasteiger partial charge < -0.3 is 15.8 Å². The molecule has 0 radical (unpaired) electrons. The molecule has 1 atom stereocenters. The molecule has 1 aliphatic rings. The quantitative estimate of drug-likeness (QED) is 0.786. The molecule has 1 rings (SSSR count). The number of carbonyl (C=O) groups excluding carboxylic acids is 1. The van der Waals surface area contributed by atoms with Crippen molar-refractivity contribution < 1.29 is 9.53 Å². The Hall–Kier alpha value is -0.810. The summed E-state index contributed by atoms with van der Waals surface area (Å²) in [7, 11) is 2.17. The summed E-state index contributed by atoms with van der Waals surface area (Å²) in [5.41, 5.74) is 5.99. The van der Waals surface area contributed by atoms with E-state index < -0.39 is 5.60 Å². The summed E-state index contributed by atoms with van der Waals surface area (Å²) in [6.45, 7) is 11.5. The van der Waals surface area contributed by atoms with Crippen LogP contribution in [0.5, 0.6) is 0 Å².